The van der Waals surface area contributed by atoms with Gasteiger partial charge in [-0.1, -0.05) is 35.5 Å². The van der Waals surface area contributed by atoms with Gasteiger partial charge < -0.3 is 19.5 Å². The van der Waals surface area contributed by atoms with Crippen molar-refractivity contribution in [3.63, 3.8) is 0 Å². The van der Waals surface area contributed by atoms with Crippen molar-refractivity contribution < 1.29 is 18.8 Å². The van der Waals surface area contributed by atoms with Crippen LogP contribution >= 0.6 is 0 Å². The largest absolute Gasteiger partial charge is 0.468 e. The number of carbonyl (C=O) groups is 2. The number of hydrogen-bond donors (Lipinski definition) is 1. The van der Waals surface area contributed by atoms with Crippen molar-refractivity contribution in [2.75, 3.05) is 26.7 Å². The molecule has 1 fully saturated rings. The van der Waals surface area contributed by atoms with Crippen LogP contribution in [-0.2, 0) is 9.53 Å². The summed E-state index contributed by atoms with van der Waals surface area (Å²) < 4.78 is 9.89. The second kappa shape index (κ2) is 7.33. The van der Waals surface area contributed by atoms with Gasteiger partial charge in [-0.25, -0.2) is 4.79 Å². The smallest absolute Gasteiger partial charge is 0.325 e. The number of nitrogens with zero attached hydrogens (tertiary/aromatic N) is 3. The summed E-state index contributed by atoms with van der Waals surface area (Å²) in [5.41, 5.74) is 1.10. The highest BCUT2D eigenvalue weighted by atomic mass is 16.5. The summed E-state index contributed by atoms with van der Waals surface area (Å²) in [7, 11) is 1.28. The first-order valence-corrected chi connectivity index (χ1v) is 8.03. The second-order valence-corrected chi connectivity index (χ2v) is 5.94. The number of amides is 2. The van der Waals surface area contributed by atoms with Crippen LogP contribution in [0.4, 0.5) is 4.79 Å². The highest BCUT2D eigenvalue weighted by Gasteiger charge is 2.40. The summed E-state index contributed by atoms with van der Waals surface area (Å²) in [6.45, 7) is 2.55. The molecule has 8 nitrogen and oxygen atoms in total. The molecule has 2 heterocycles. The summed E-state index contributed by atoms with van der Waals surface area (Å²) in [4.78, 5) is 29.6. The summed E-state index contributed by atoms with van der Waals surface area (Å²) in [5.74, 6) is 0.554. The predicted octanol–water partition coefficient (Wildman–Crippen LogP) is 1.44. The monoisotopic (exact) mass is 344 g/mol. The van der Waals surface area contributed by atoms with Crippen LogP contribution in [0.1, 0.15) is 29.1 Å². The lowest BCUT2D eigenvalue weighted by Gasteiger charge is -2.17. The van der Waals surface area contributed by atoms with Crippen molar-refractivity contribution in [3.05, 3.63) is 47.6 Å². The minimum atomic E-state index is -0.490. The molecule has 8 heteroatoms. The molecule has 0 radical (unpaired) electrons. The Morgan fingerprint density at radius 3 is 2.64 bits per heavy atom. The fourth-order valence-electron chi connectivity index (χ4n) is 3.05. The molecule has 0 bridgehead atoms. The first-order chi connectivity index (χ1) is 12.1. The van der Waals surface area contributed by atoms with E-state index < -0.39 is 5.97 Å². The molecule has 0 saturated carbocycles. The number of aromatic nitrogens is 2. The first-order valence-electron chi connectivity index (χ1n) is 8.03. The van der Waals surface area contributed by atoms with Gasteiger partial charge in [-0.2, -0.15) is 4.98 Å². The number of urea groups is 1. The molecule has 2 atom stereocenters. The minimum absolute atomic E-state index is 0.0462. The van der Waals surface area contributed by atoms with Gasteiger partial charge in [-0.15, -0.1) is 0 Å². The molecular formula is C17H20N4O4. The van der Waals surface area contributed by atoms with E-state index in [1.807, 2.05) is 30.3 Å². The lowest BCUT2D eigenvalue weighted by Crippen LogP contribution is -2.41. The molecule has 132 valence electrons. The number of hydrogen-bond acceptors (Lipinski definition) is 6. The summed E-state index contributed by atoms with van der Waals surface area (Å²) in [6.07, 6.45) is 0. The molecule has 0 unspecified atom stereocenters. The number of aryl methyl sites for hydroxylation is 1. The van der Waals surface area contributed by atoms with E-state index in [0.717, 1.165) is 5.56 Å². The van der Waals surface area contributed by atoms with Gasteiger partial charge >= 0.3 is 12.0 Å². The Kier molecular flexibility index (Phi) is 4.97. The Balaban J connectivity index is 1.78. The van der Waals surface area contributed by atoms with E-state index in [2.05, 4.69) is 20.2 Å². The third-order valence-corrected chi connectivity index (χ3v) is 4.31. The molecule has 1 N–H and O–H groups in total. The molecule has 2 aromatic rings. The summed E-state index contributed by atoms with van der Waals surface area (Å²) in [5, 5.41) is 6.43. The molecule has 25 heavy (non-hydrogen) atoms. The fraction of sp³-hybridized carbons (Fsp3) is 0.412. The van der Waals surface area contributed by atoms with Crippen LogP contribution in [0.5, 0.6) is 0 Å². The standard InChI is InChI=1S/C17H20N4O4/c1-11-19-16(25-20-11)14-10-21(17(23)18-8-15(22)24-2)9-13(14)12-6-4-3-5-7-12/h3-7,13-14H,8-10H2,1-2H3,(H,18,23)/t13-,14+/m0/s1. The van der Waals surface area contributed by atoms with Crippen molar-refractivity contribution in [1.29, 1.82) is 0 Å². The Labute approximate surface area is 145 Å². The topological polar surface area (TPSA) is 97.6 Å². The highest BCUT2D eigenvalue weighted by molar-refractivity contribution is 5.81. The van der Waals surface area contributed by atoms with Gasteiger partial charge in [0.25, 0.3) is 0 Å². The number of rotatable bonds is 4. The zero-order valence-electron chi connectivity index (χ0n) is 14.1. The van der Waals surface area contributed by atoms with Crippen LogP contribution in [0.2, 0.25) is 0 Å². The van der Waals surface area contributed by atoms with Crippen molar-refractivity contribution in [3.8, 4) is 0 Å². The zero-order chi connectivity index (χ0) is 17.8. The summed E-state index contributed by atoms with van der Waals surface area (Å²) in [6, 6.07) is 9.61. The highest BCUT2D eigenvalue weighted by Crippen LogP contribution is 2.38. The van der Waals surface area contributed by atoms with E-state index in [4.69, 9.17) is 4.52 Å². The average molecular weight is 344 g/mol. The Bertz CT molecular complexity index is 746. The van der Waals surface area contributed by atoms with Crippen LogP contribution in [-0.4, -0.2) is 53.8 Å². The first kappa shape index (κ1) is 16.9. The maximum absolute atomic E-state index is 12.4. The van der Waals surface area contributed by atoms with Crippen LogP contribution in [0.25, 0.3) is 0 Å². The molecule has 0 spiro atoms. The third-order valence-electron chi connectivity index (χ3n) is 4.31. The van der Waals surface area contributed by atoms with Gasteiger partial charge in [0, 0.05) is 19.0 Å². The normalized spacial score (nSPS) is 19.7. The number of likely N-dealkylation sites (tertiary alicyclic amines) is 1. The van der Waals surface area contributed by atoms with E-state index in [-0.39, 0.29) is 24.4 Å². The van der Waals surface area contributed by atoms with E-state index in [1.54, 1.807) is 11.8 Å². The number of esters is 1. The molecule has 0 aliphatic carbocycles. The lowest BCUT2D eigenvalue weighted by molar-refractivity contribution is -0.139. The minimum Gasteiger partial charge on any atom is -0.468 e. The third kappa shape index (κ3) is 3.78. The molecule has 2 amide bonds. The fourth-order valence-corrected chi connectivity index (χ4v) is 3.05. The van der Waals surface area contributed by atoms with E-state index in [1.165, 1.54) is 7.11 Å². The van der Waals surface area contributed by atoms with Crippen molar-refractivity contribution in [2.45, 2.75) is 18.8 Å². The van der Waals surface area contributed by atoms with Crippen molar-refractivity contribution >= 4 is 12.0 Å². The van der Waals surface area contributed by atoms with Gasteiger partial charge in [0.2, 0.25) is 5.89 Å². The van der Waals surface area contributed by atoms with Crippen LogP contribution in [0.3, 0.4) is 0 Å². The van der Waals surface area contributed by atoms with Crippen LogP contribution in [0, 0.1) is 6.92 Å². The van der Waals surface area contributed by atoms with E-state index >= 15 is 0 Å². The molecule has 1 saturated heterocycles. The van der Waals surface area contributed by atoms with Gasteiger partial charge in [0.05, 0.1) is 13.0 Å². The Morgan fingerprint density at radius 2 is 2.00 bits per heavy atom. The Hall–Kier alpha value is -2.90. The second-order valence-electron chi connectivity index (χ2n) is 5.94. The number of carbonyl (C=O) groups excluding carboxylic acids is 2. The Morgan fingerprint density at radius 1 is 1.28 bits per heavy atom. The van der Waals surface area contributed by atoms with Gasteiger partial charge in [-0.3, -0.25) is 4.79 Å². The van der Waals surface area contributed by atoms with Gasteiger partial charge in [-0.05, 0) is 12.5 Å². The van der Waals surface area contributed by atoms with Crippen molar-refractivity contribution in [1.82, 2.24) is 20.4 Å². The molecule has 1 aliphatic heterocycles. The molecule has 1 aliphatic rings. The zero-order valence-corrected chi connectivity index (χ0v) is 14.1. The van der Waals surface area contributed by atoms with Gasteiger partial charge in [0.1, 0.15) is 6.54 Å². The van der Waals surface area contributed by atoms with E-state index in [0.29, 0.717) is 24.8 Å². The number of ether oxygens (including phenoxy) is 1. The van der Waals surface area contributed by atoms with Crippen LogP contribution in [0.15, 0.2) is 34.9 Å². The van der Waals surface area contributed by atoms with E-state index in [9.17, 15) is 9.59 Å². The van der Waals surface area contributed by atoms with Crippen molar-refractivity contribution in [2.24, 2.45) is 0 Å². The average Bonchev–Trinajstić information content (AvgIpc) is 3.26. The molecular weight excluding hydrogens is 324 g/mol. The molecule has 1 aromatic heterocycles. The van der Waals surface area contributed by atoms with Gasteiger partial charge in [0.15, 0.2) is 5.82 Å². The van der Waals surface area contributed by atoms with Crippen LogP contribution < -0.4 is 5.32 Å². The maximum Gasteiger partial charge on any atom is 0.325 e. The molecule has 3 rings (SSSR count). The number of methoxy groups -OCH3 is 1. The quantitative estimate of drug-likeness (QED) is 0.843. The predicted molar refractivity (Wildman–Crippen MR) is 87.9 cm³/mol. The number of benzene rings is 1. The SMILES string of the molecule is COC(=O)CNC(=O)N1C[C@@H](c2ccccc2)[C@H](c2nc(C)no2)C1. The number of nitrogens with one attached hydrogen (secondary N) is 1. The maximum atomic E-state index is 12.4. The lowest BCUT2D eigenvalue weighted by atomic mass is 9.89. The summed E-state index contributed by atoms with van der Waals surface area (Å²) >= 11 is 0. The molecule has 1 aromatic carbocycles.